The number of hydrogen-bond donors (Lipinski definition) is 2. The van der Waals surface area contributed by atoms with E-state index in [1.165, 1.54) is 27.9 Å². The zero-order valence-electron chi connectivity index (χ0n) is 13.5. The number of anilines is 2. The quantitative estimate of drug-likeness (QED) is 0.842. The van der Waals surface area contributed by atoms with Gasteiger partial charge in [0, 0.05) is 25.7 Å². The molecule has 0 saturated heterocycles. The molecule has 0 bridgehead atoms. The molecular formula is C17H17N5O3. The molecule has 1 atom stereocenters. The molecule has 1 aromatic carbocycles. The van der Waals surface area contributed by atoms with Crippen molar-refractivity contribution in [2.24, 2.45) is 17.9 Å². The van der Waals surface area contributed by atoms with Gasteiger partial charge >= 0.3 is 0 Å². The van der Waals surface area contributed by atoms with Crippen molar-refractivity contribution in [3.05, 3.63) is 59.0 Å². The highest BCUT2D eigenvalue weighted by Gasteiger charge is 2.34. The first-order valence-electron chi connectivity index (χ1n) is 7.65. The van der Waals surface area contributed by atoms with Crippen molar-refractivity contribution in [3.63, 3.8) is 0 Å². The molecule has 0 spiro atoms. The molecule has 3 N–H and O–H groups in total. The van der Waals surface area contributed by atoms with Crippen LogP contribution in [0.5, 0.6) is 0 Å². The maximum Gasteiger partial charge on any atom is 0.272 e. The zero-order chi connectivity index (χ0) is 18.0. The molecule has 2 heterocycles. The molecule has 1 aliphatic rings. The smallest absolute Gasteiger partial charge is 0.272 e. The Morgan fingerprint density at radius 2 is 1.92 bits per heavy atom. The Labute approximate surface area is 143 Å². The molecule has 0 saturated carbocycles. The molecule has 128 valence electrons. The van der Waals surface area contributed by atoms with E-state index < -0.39 is 17.9 Å². The predicted octanol–water partition coefficient (Wildman–Crippen LogP) is 0.444. The number of aromatic nitrogens is 1. The third-order valence-corrected chi connectivity index (χ3v) is 3.87. The monoisotopic (exact) mass is 339 g/mol. The van der Waals surface area contributed by atoms with Gasteiger partial charge in [0.25, 0.3) is 5.91 Å². The van der Waals surface area contributed by atoms with Gasteiger partial charge in [-0.1, -0.05) is 18.2 Å². The molecule has 8 nitrogen and oxygen atoms in total. The highest BCUT2D eigenvalue weighted by Crippen LogP contribution is 2.24. The summed E-state index contributed by atoms with van der Waals surface area (Å²) in [6.45, 7) is 0. The Morgan fingerprint density at radius 3 is 2.56 bits per heavy atom. The van der Waals surface area contributed by atoms with Crippen LogP contribution in [-0.4, -0.2) is 28.1 Å². The minimum Gasteiger partial charge on any atom is -0.368 e. The number of carbonyl (C=O) groups excluding carboxylic acids is 2. The van der Waals surface area contributed by atoms with Gasteiger partial charge in [-0.3, -0.25) is 19.4 Å². The van der Waals surface area contributed by atoms with Crippen LogP contribution in [0.3, 0.4) is 0 Å². The lowest BCUT2D eigenvalue weighted by Gasteiger charge is -2.20. The highest BCUT2D eigenvalue weighted by atomic mass is 16.2. The van der Waals surface area contributed by atoms with Gasteiger partial charge in [0.05, 0.1) is 11.4 Å². The molecule has 0 fully saturated rings. The number of rotatable bonds is 4. The molecule has 8 heteroatoms. The molecule has 2 amide bonds. The number of carbonyl (C=O) groups is 2. The zero-order valence-corrected chi connectivity index (χ0v) is 13.5. The number of nitrogens with zero attached hydrogens (tertiary/aromatic N) is 3. The van der Waals surface area contributed by atoms with E-state index in [1.807, 2.05) is 18.2 Å². The van der Waals surface area contributed by atoms with E-state index in [0.717, 1.165) is 0 Å². The van der Waals surface area contributed by atoms with Gasteiger partial charge in [-0.25, -0.2) is 0 Å². The fourth-order valence-corrected chi connectivity index (χ4v) is 2.56. The summed E-state index contributed by atoms with van der Waals surface area (Å²) in [7, 11) is 1.59. The predicted molar refractivity (Wildman–Crippen MR) is 94.3 cm³/mol. The summed E-state index contributed by atoms with van der Waals surface area (Å²) in [6.07, 6.45) is 1.62. The van der Waals surface area contributed by atoms with Crippen LogP contribution in [0.1, 0.15) is 6.42 Å². The van der Waals surface area contributed by atoms with Gasteiger partial charge in [-0.2, -0.15) is 5.10 Å². The topological polar surface area (TPSA) is 110 Å². The molecule has 0 aliphatic carbocycles. The molecule has 25 heavy (non-hydrogen) atoms. The van der Waals surface area contributed by atoms with Gasteiger partial charge in [-0.15, -0.1) is 0 Å². The molecule has 1 aromatic heterocycles. The molecule has 2 aromatic rings. The number of nitrogens with one attached hydrogen (secondary N) is 1. The van der Waals surface area contributed by atoms with E-state index in [-0.39, 0.29) is 17.7 Å². The van der Waals surface area contributed by atoms with Crippen LogP contribution in [0.25, 0.3) is 0 Å². The largest absolute Gasteiger partial charge is 0.368 e. The first kappa shape index (κ1) is 16.4. The standard InChI is InChI=1S/C17H17N5O3/c1-21-10-11(7-8-15(21)23)19-17(25)13-9-14(16(18)24)22(20-13)12-5-3-2-4-6-12/h2-8,10,14H,9H2,1H3,(H2,18,24)(H,19,25)/t14-/m1/s1. The van der Waals surface area contributed by atoms with Crippen LogP contribution in [0.4, 0.5) is 11.4 Å². The van der Waals surface area contributed by atoms with E-state index in [1.54, 1.807) is 19.2 Å². The Bertz CT molecular complexity index is 904. The average Bonchev–Trinajstić information content (AvgIpc) is 3.05. The van der Waals surface area contributed by atoms with E-state index in [0.29, 0.717) is 11.4 Å². The van der Waals surface area contributed by atoms with Crippen LogP contribution in [0.2, 0.25) is 0 Å². The summed E-state index contributed by atoms with van der Waals surface area (Å²) in [6, 6.07) is 11.2. The summed E-state index contributed by atoms with van der Waals surface area (Å²) in [4.78, 5) is 35.6. The fraction of sp³-hybridized carbons (Fsp3) is 0.176. The highest BCUT2D eigenvalue weighted by molar-refractivity contribution is 6.44. The van der Waals surface area contributed by atoms with Crippen LogP contribution in [0.15, 0.2) is 58.6 Å². The summed E-state index contributed by atoms with van der Waals surface area (Å²) in [5.74, 6) is -0.999. The average molecular weight is 339 g/mol. The number of aryl methyl sites for hydroxylation is 1. The molecule has 3 rings (SSSR count). The maximum atomic E-state index is 12.4. The van der Waals surface area contributed by atoms with Crippen LogP contribution in [0, 0.1) is 0 Å². The SMILES string of the molecule is Cn1cc(NC(=O)C2=NN(c3ccccc3)[C@@H](C(N)=O)C2)ccc1=O. The van der Waals surface area contributed by atoms with Gasteiger partial charge in [0.2, 0.25) is 11.5 Å². The van der Waals surface area contributed by atoms with Crippen molar-refractivity contribution in [2.75, 3.05) is 10.3 Å². The summed E-state index contributed by atoms with van der Waals surface area (Å²) in [5.41, 5.74) is 6.61. The van der Waals surface area contributed by atoms with Crippen molar-refractivity contribution < 1.29 is 9.59 Å². The van der Waals surface area contributed by atoms with Gasteiger partial charge in [-0.05, 0) is 18.2 Å². The van der Waals surface area contributed by atoms with E-state index in [4.69, 9.17) is 5.73 Å². The van der Waals surface area contributed by atoms with E-state index in [2.05, 4.69) is 10.4 Å². The second-order valence-electron chi connectivity index (χ2n) is 5.67. The van der Waals surface area contributed by atoms with E-state index >= 15 is 0 Å². The van der Waals surface area contributed by atoms with Gasteiger partial charge in [0.15, 0.2) is 0 Å². The van der Waals surface area contributed by atoms with Crippen molar-refractivity contribution in [1.29, 1.82) is 0 Å². The first-order chi connectivity index (χ1) is 12.0. The van der Waals surface area contributed by atoms with Gasteiger partial charge in [0.1, 0.15) is 11.8 Å². The second kappa shape index (κ2) is 6.60. The van der Waals surface area contributed by atoms with Gasteiger partial charge < -0.3 is 15.6 Å². The minimum atomic E-state index is -0.719. The van der Waals surface area contributed by atoms with Crippen molar-refractivity contribution >= 4 is 28.9 Å². The number of amides is 2. The number of primary amides is 1. The lowest BCUT2D eigenvalue weighted by Crippen LogP contribution is -2.39. The van der Waals surface area contributed by atoms with Crippen LogP contribution < -0.4 is 21.6 Å². The number of benzene rings is 1. The van der Waals surface area contributed by atoms with E-state index in [9.17, 15) is 14.4 Å². The molecular weight excluding hydrogens is 322 g/mol. The number of pyridine rings is 1. The van der Waals surface area contributed by atoms with Crippen molar-refractivity contribution in [2.45, 2.75) is 12.5 Å². The molecule has 0 unspecified atom stereocenters. The van der Waals surface area contributed by atoms with Crippen LogP contribution >= 0.6 is 0 Å². The molecule has 1 aliphatic heterocycles. The minimum absolute atomic E-state index is 0.113. The number of para-hydroxylation sites is 1. The Hall–Kier alpha value is -3.42. The van der Waals surface area contributed by atoms with Crippen molar-refractivity contribution in [3.8, 4) is 0 Å². The number of hydrogen-bond acceptors (Lipinski definition) is 5. The molecule has 0 radical (unpaired) electrons. The Balaban J connectivity index is 1.83. The fourth-order valence-electron chi connectivity index (χ4n) is 2.56. The Kier molecular flexibility index (Phi) is 4.34. The third-order valence-electron chi connectivity index (χ3n) is 3.87. The maximum absolute atomic E-state index is 12.4. The third kappa shape index (κ3) is 3.42. The second-order valence-corrected chi connectivity index (χ2v) is 5.67. The van der Waals surface area contributed by atoms with Crippen molar-refractivity contribution in [1.82, 2.24) is 4.57 Å². The van der Waals surface area contributed by atoms with Crippen LogP contribution in [-0.2, 0) is 16.6 Å². The number of hydrazone groups is 1. The number of nitrogens with two attached hydrogens (primary N) is 1. The summed E-state index contributed by atoms with van der Waals surface area (Å²) in [5, 5.41) is 8.40. The first-order valence-corrected chi connectivity index (χ1v) is 7.65. The lowest BCUT2D eigenvalue weighted by atomic mass is 10.1. The normalized spacial score (nSPS) is 16.4. The summed E-state index contributed by atoms with van der Waals surface area (Å²) >= 11 is 0. The Morgan fingerprint density at radius 1 is 1.20 bits per heavy atom. The lowest BCUT2D eigenvalue weighted by molar-refractivity contribution is -0.119. The summed E-state index contributed by atoms with van der Waals surface area (Å²) < 4.78 is 1.36.